The number of nitrogens with two attached hydrogens (primary N) is 1. The first-order chi connectivity index (χ1) is 10.8. The fourth-order valence-corrected chi connectivity index (χ4v) is 3.59. The van der Waals surface area contributed by atoms with Crippen molar-refractivity contribution in [1.29, 1.82) is 0 Å². The molecule has 1 aliphatic heterocycles. The van der Waals surface area contributed by atoms with Crippen LogP contribution in [0, 0.1) is 11.7 Å². The van der Waals surface area contributed by atoms with Crippen LogP contribution in [0.3, 0.4) is 0 Å². The largest absolute Gasteiger partial charge is 0.381 e. The zero-order chi connectivity index (χ0) is 15.4. The molecule has 0 saturated carbocycles. The van der Waals surface area contributed by atoms with Gasteiger partial charge >= 0.3 is 0 Å². The lowest BCUT2D eigenvalue weighted by Crippen LogP contribution is -2.19. The molecule has 2 N–H and O–H groups in total. The van der Waals surface area contributed by atoms with Crippen LogP contribution in [0.15, 0.2) is 29.4 Å². The number of halogens is 1. The third-order valence-electron chi connectivity index (χ3n) is 3.67. The Bertz CT molecular complexity index is 611. The molecule has 7 heteroatoms. The van der Waals surface area contributed by atoms with E-state index in [0.29, 0.717) is 11.7 Å². The minimum Gasteiger partial charge on any atom is -0.381 e. The molecule has 0 aliphatic carbocycles. The summed E-state index contributed by atoms with van der Waals surface area (Å²) in [6.07, 6.45) is 2.30. The van der Waals surface area contributed by atoms with Crippen molar-refractivity contribution in [3.8, 4) is 5.69 Å². The molecule has 2 heterocycles. The van der Waals surface area contributed by atoms with Crippen molar-refractivity contribution >= 4 is 11.8 Å². The van der Waals surface area contributed by atoms with Crippen LogP contribution in [-0.4, -0.2) is 33.7 Å². The van der Waals surface area contributed by atoms with Crippen molar-refractivity contribution in [1.82, 2.24) is 14.8 Å². The summed E-state index contributed by atoms with van der Waals surface area (Å²) in [5.74, 6) is 1.89. The van der Waals surface area contributed by atoms with E-state index in [2.05, 4.69) is 10.2 Å². The van der Waals surface area contributed by atoms with Crippen LogP contribution < -0.4 is 5.73 Å². The van der Waals surface area contributed by atoms with Crippen LogP contribution >= 0.6 is 11.8 Å². The third-order valence-corrected chi connectivity index (χ3v) is 4.83. The van der Waals surface area contributed by atoms with Crippen LogP contribution in [0.4, 0.5) is 4.39 Å². The van der Waals surface area contributed by atoms with Crippen LogP contribution in [0.1, 0.15) is 18.7 Å². The normalized spacial score (nSPS) is 18.5. The SMILES string of the molecule is NCc1nnc(SCC2CCCOC2)n1-c1ccc(F)cc1. The smallest absolute Gasteiger partial charge is 0.195 e. The molecule has 1 aromatic carbocycles. The van der Waals surface area contributed by atoms with Gasteiger partial charge in [-0.2, -0.15) is 0 Å². The van der Waals surface area contributed by atoms with Crippen LogP contribution in [-0.2, 0) is 11.3 Å². The number of hydrogen-bond acceptors (Lipinski definition) is 5. The molecule has 0 spiro atoms. The number of nitrogens with zero attached hydrogens (tertiary/aromatic N) is 3. The van der Waals surface area contributed by atoms with Crippen LogP contribution in [0.25, 0.3) is 5.69 Å². The minimum atomic E-state index is -0.264. The molecule has 1 aromatic heterocycles. The third kappa shape index (κ3) is 3.48. The molecule has 3 rings (SSSR count). The van der Waals surface area contributed by atoms with Crippen molar-refractivity contribution in [3.05, 3.63) is 35.9 Å². The molecule has 2 aromatic rings. The minimum absolute atomic E-state index is 0.264. The maximum absolute atomic E-state index is 13.1. The highest BCUT2D eigenvalue weighted by atomic mass is 32.2. The van der Waals surface area contributed by atoms with E-state index in [-0.39, 0.29) is 12.4 Å². The standard InChI is InChI=1S/C15H19FN4OS/c16-12-3-5-13(6-4-12)20-14(8-17)18-19-15(20)22-10-11-2-1-7-21-9-11/h3-6,11H,1-2,7-10,17H2. The van der Waals surface area contributed by atoms with Gasteiger partial charge < -0.3 is 10.5 Å². The number of hydrogen-bond donors (Lipinski definition) is 1. The topological polar surface area (TPSA) is 66.0 Å². The number of ether oxygens (including phenoxy) is 1. The first-order valence-corrected chi connectivity index (χ1v) is 8.37. The number of rotatable bonds is 5. The summed E-state index contributed by atoms with van der Waals surface area (Å²) in [6, 6.07) is 6.29. The highest BCUT2D eigenvalue weighted by Gasteiger charge is 2.18. The van der Waals surface area contributed by atoms with E-state index in [1.165, 1.54) is 18.6 Å². The summed E-state index contributed by atoms with van der Waals surface area (Å²) in [4.78, 5) is 0. The Morgan fingerprint density at radius 3 is 2.82 bits per heavy atom. The Kier molecular flexibility index (Phi) is 5.07. The molecular weight excluding hydrogens is 303 g/mol. The van der Waals surface area contributed by atoms with Gasteiger partial charge in [0.25, 0.3) is 0 Å². The molecule has 0 radical (unpaired) electrons. The summed E-state index contributed by atoms with van der Waals surface area (Å²) in [7, 11) is 0. The lowest BCUT2D eigenvalue weighted by molar-refractivity contribution is 0.0632. The molecule has 1 atom stereocenters. The van der Waals surface area contributed by atoms with E-state index in [4.69, 9.17) is 10.5 Å². The Morgan fingerprint density at radius 2 is 2.14 bits per heavy atom. The van der Waals surface area contributed by atoms with Crippen molar-refractivity contribution in [2.45, 2.75) is 24.5 Å². The Morgan fingerprint density at radius 1 is 1.32 bits per heavy atom. The van der Waals surface area contributed by atoms with E-state index in [1.807, 2.05) is 4.57 Å². The quantitative estimate of drug-likeness (QED) is 0.856. The lowest BCUT2D eigenvalue weighted by Gasteiger charge is -2.21. The summed E-state index contributed by atoms with van der Waals surface area (Å²) >= 11 is 1.65. The van der Waals surface area contributed by atoms with Crippen molar-refractivity contribution in [3.63, 3.8) is 0 Å². The van der Waals surface area contributed by atoms with Gasteiger partial charge in [0, 0.05) is 18.0 Å². The number of aromatic nitrogens is 3. The van der Waals surface area contributed by atoms with E-state index in [1.54, 1.807) is 23.9 Å². The molecular formula is C15H19FN4OS. The second-order valence-electron chi connectivity index (χ2n) is 5.31. The molecule has 118 valence electrons. The first kappa shape index (κ1) is 15.5. The Hall–Kier alpha value is -1.44. The monoisotopic (exact) mass is 322 g/mol. The van der Waals surface area contributed by atoms with E-state index in [0.717, 1.165) is 36.2 Å². The Balaban J connectivity index is 1.79. The van der Waals surface area contributed by atoms with E-state index < -0.39 is 0 Å². The predicted molar refractivity (Wildman–Crippen MR) is 83.5 cm³/mol. The van der Waals surface area contributed by atoms with E-state index in [9.17, 15) is 4.39 Å². The van der Waals surface area contributed by atoms with Gasteiger partial charge in [-0.25, -0.2) is 4.39 Å². The molecule has 0 bridgehead atoms. The zero-order valence-electron chi connectivity index (χ0n) is 12.2. The molecule has 1 aliphatic rings. The van der Waals surface area contributed by atoms with Gasteiger partial charge in [0.05, 0.1) is 13.2 Å². The maximum Gasteiger partial charge on any atom is 0.195 e. The predicted octanol–water partition coefficient (Wildman–Crippen LogP) is 2.38. The molecule has 22 heavy (non-hydrogen) atoms. The van der Waals surface area contributed by atoms with Gasteiger partial charge in [-0.05, 0) is 43.0 Å². The summed E-state index contributed by atoms with van der Waals surface area (Å²) in [5.41, 5.74) is 6.57. The average molecular weight is 322 g/mol. The molecule has 5 nitrogen and oxygen atoms in total. The summed E-state index contributed by atoms with van der Waals surface area (Å²) < 4.78 is 20.5. The summed E-state index contributed by atoms with van der Waals surface area (Å²) in [5, 5.41) is 9.16. The van der Waals surface area contributed by atoms with Gasteiger partial charge in [-0.1, -0.05) is 11.8 Å². The fourth-order valence-electron chi connectivity index (χ4n) is 2.51. The van der Waals surface area contributed by atoms with Crippen LogP contribution in [0.2, 0.25) is 0 Å². The average Bonchev–Trinajstić information content (AvgIpc) is 2.97. The maximum atomic E-state index is 13.1. The first-order valence-electron chi connectivity index (χ1n) is 7.39. The van der Waals surface area contributed by atoms with Gasteiger partial charge in [-0.3, -0.25) is 4.57 Å². The van der Waals surface area contributed by atoms with Gasteiger partial charge in [-0.15, -0.1) is 10.2 Å². The Labute approximate surface area is 133 Å². The fraction of sp³-hybridized carbons (Fsp3) is 0.467. The van der Waals surface area contributed by atoms with Crippen molar-refractivity contribution in [2.24, 2.45) is 11.7 Å². The molecule has 1 fully saturated rings. The highest BCUT2D eigenvalue weighted by molar-refractivity contribution is 7.99. The van der Waals surface area contributed by atoms with Crippen molar-refractivity contribution < 1.29 is 9.13 Å². The molecule has 0 amide bonds. The second kappa shape index (κ2) is 7.21. The lowest BCUT2D eigenvalue weighted by atomic mass is 10.1. The molecule has 1 unspecified atom stereocenters. The van der Waals surface area contributed by atoms with Crippen molar-refractivity contribution in [2.75, 3.05) is 19.0 Å². The summed E-state index contributed by atoms with van der Waals surface area (Å²) in [6.45, 7) is 1.96. The second-order valence-corrected chi connectivity index (χ2v) is 6.30. The van der Waals surface area contributed by atoms with Crippen LogP contribution in [0.5, 0.6) is 0 Å². The van der Waals surface area contributed by atoms with Gasteiger partial charge in [0.1, 0.15) is 5.82 Å². The molecule has 1 saturated heterocycles. The van der Waals surface area contributed by atoms with E-state index >= 15 is 0 Å². The highest BCUT2D eigenvalue weighted by Crippen LogP contribution is 2.26. The zero-order valence-corrected chi connectivity index (χ0v) is 13.1. The van der Waals surface area contributed by atoms with Gasteiger partial charge in [0.15, 0.2) is 11.0 Å². The number of benzene rings is 1. The van der Waals surface area contributed by atoms with Gasteiger partial charge in [0.2, 0.25) is 0 Å². The number of thioether (sulfide) groups is 1.